The van der Waals surface area contributed by atoms with Gasteiger partial charge >= 0.3 is 0 Å². The Morgan fingerprint density at radius 2 is 1.95 bits per heavy atom. The number of hydrogen-bond acceptors (Lipinski definition) is 5. The summed E-state index contributed by atoms with van der Waals surface area (Å²) in [6.07, 6.45) is 0.849. The molecule has 1 saturated heterocycles. The third-order valence-electron chi connectivity index (χ3n) is 3.49. The van der Waals surface area contributed by atoms with Gasteiger partial charge in [0, 0.05) is 35.1 Å². The van der Waals surface area contributed by atoms with Crippen LogP contribution in [0.15, 0.2) is 28.8 Å². The Hall–Kier alpha value is -1.48. The third kappa shape index (κ3) is 3.83. The maximum absolute atomic E-state index is 12.1. The van der Waals surface area contributed by atoms with Crippen molar-refractivity contribution in [2.24, 2.45) is 0 Å². The van der Waals surface area contributed by atoms with Crippen LogP contribution in [0.25, 0.3) is 11.4 Å². The van der Waals surface area contributed by atoms with Crippen molar-refractivity contribution in [2.45, 2.75) is 12.8 Å². The van der Waals surface area contributed by atoms with Crippen LogP contribution in [0.2, 0.25) is 0 Å². The minimum Gasteiger partial charge on any atom is -0.378 e. The number of carbonyl (C=O) groups is 1. The zero-order valence-electron chi connectivity index (χ0n) is 12.0. The Balaban J connectivity index is 1.57. The minimum absolute atomic E-state index is 0.109. The Kier molecular flexibility index (Phi) is 5.04. The molecule has 1 aromatic carbocycles. The number of ether oxygens (including phenoxy) is 1. The summed E-state index contributed by atoms with van der Waals surface area (Å²) in [6.45, 7) is 2.56. The Morgan fingerprint density at radius 1 is 1.23 bits per heavy atom. The molecule has 0 N–H and O–H groups in total. The van der Waals surface area contributed by atoms with Crippen molar-refractivity contribution in [3.05, 3.63) is 33.7 Å². The fourth-order valence-electron chi connectivity index (χ4n) is 2.26. The first kappa shape index (κ1) is 15.4. The average Bonchev–Trinajstić information content (AvgIpc) is 3.03. The van der Waals surface area contributed by atoms with Gasteiger partial charge in [0.1, 0.15) is 0 Å². The molecule has 22 heavy (non-hydrogen) atoms. The van der Waals surface area contributed by atoms with E-state index < -0.39 is 0 Å². The molecule has 1 aromatic heterocycles. The van der Waals surface area contributed by atoms with Gasteiger partial charge in [-0.1, -0.05) is 17.3 Å². The number of nitrogens with zero attached hydrogens (tertiary/aromatic N) is 3. The molecule has 2 heterocycles. The van der Waals surface area contributed by atoms with Crippen LogP contribution in [0.5, 0.6) is 0 Å². The minimum atomic E-state index is 0.109. The van der Waals surface area contributed by atoms with E-state index in [0.717, 1.165) is 9.13 Å². The van der Waals surface area contributed by atoms with E-state index in [1.165, 1.54) is 0 Å². The molecular formula is C15H16IN3O3. The van der Waals surface area contributed by atoms with Crippen LogP contribution < -0.4 is 0 Å². The highest BCUT2D eigenvalue weighted by molar-refractivity contribution is 14.1. The lowest BCUT2D eigenvalue weighted by Gasteiger charge is -2.26. The SMILES string of the molecule is O=C(CCc1nc(-c2ccc(I)cc2)no1)N1CCOCC1. The van der Waals surface area contributed by atoms with E-state index in [1.54, 1.807) is 0 Å². The van der Waals surface area contributed by atoms with E-state index in [1.807, 2.05) is 29.2 Å². The smallest absolute Gasteiger partial charge is 0.227 e. The van der Waals surface area contributed by atoms with Gasteiger partial charge in [0.15, 0.2) is 0 Å². The van der Waals surface area contributed by atoms with Crippen molar-refractivity contribution in [3.8, 4) is 11.4 Å². The fourth-order valence-corrected chi connectivity index (χ4v) is 2.62. The number of aryl methyl sites for hydroxylation is 1. The highest BCUT2D eigenvalue weighted by atomic mass is 127. The molecule has 0 radical (unpaired) electrons. The number of aromatic nitrogens is 2. The lowest BCUT2D eigenvalue weighted by atomic mass is 10.2. The highest BCUT2D eigenvalue weighted by Crippen LogP contribution is 2.18. The Bertz CT molecular complexity index is 636. The molecule has 1 aliphatic heterocycles. The first-order valence-corrected chi connectivity index (χ1v) is 8.24. The molecule has 6 nitrogen and oxygen atoms in total. The number of hydrogen-bond donors (Lipinski definition) is 0. The molecule has 0 saturated carbocycles. The van der Waals surface area contributed by atoms with Crippen LogP contribution >= 0.6 is 22.6 Å². The standard InChI is InChI=1S/C15H16IN3O3/c16-12-3-1-11(2-4-12)15-17-13(22-18-15)5-6-14(20)19-7-9-21-10-8-19/h1-4H,5-10H2. The van der Waals surface area contributed by atoms with E-state index in [2.05, 4.69) is 32.7 Å². The van der Waals surface area contributed by atoms with Crippen LogP contribution in [0.4, 0.5) is 0 Å². The van der Waals surface area contributed by atoms with Gasteiger partial charge in [-0.15, -0.1) is 0 Å². The number of benzene rings is 1. The van der Waals surface area contributed by atoms with E-state index in [9.17, 15) is 4.79 Å². The van der Waals surface area contributed by atoms with Gasteiger partial charge in [-0.25, -0.2) is 0 Å². The largest absolute Gasteiger partial charge is 0.378 e. The van der Waals surface area contributed by atoms with Gasteiger partial charge in [-0.2, -0.15) is 4.98 Å². The summed E-state index contributed by atoms with van der Waals surface area (Å²) in [5, 5.41) is 3.97. The van der Waals surface area contributed by atoms with Crippen LogP contribution in [-0.4, -0.2) is 47.3 Å². The zero-order chi connectivity index (χ0) is 15.4. The molecule has 1 fully saturated rings. The second-order valence-electron chi connectivity index (χ2n) is 5.01. The van der Waals surface area contributed by atoms with Gasteiger partial charge in [0.05, 0.1) is 13.2 Å². The Labute approximate surface area is 142 Å². The van der Waals surface area contributed by atoms with Gasteiger partial charge in [-0.05, 0) is 34.7 Å². The topological polar surface area (TPSA) is 68.5 Å². The second-order valence-corrected chi connectivity index (χ2v) is 6.26. The first-order valence-electron chi connectivity index (χ1n) is 7.16. The molecule has 116 valence electrons. The van der Waals surface area contributed by atoms with E-state index in [-0.39, 0.29) is 5.91 Å². The molecule has 0 unspecified atom stereocenters. The van der Waals surface area contributed by atoms with Crippen LogP contribution in [0.3, 0.4) is 0 Å². The molecule has 7 heteroatoms. The van der Waals surface area contributed by atoms with Crippen LogP contribution in [-0.2, 0) is 16.0 Å². The number of carbonyl (C=O) groups excluding carboxylic acids is 1. The molecule has 0 atom stereocenters. The summed E-state index contributed by atoms with van der Waals surface area (Å²) < 4.78 is 11.6. The predicted octanol–water partition coefficient (Wildman–Crippen LogP) is 2.13. The Morgan fingerprint density at radius 3 is 2.68 bits per heavy atom. The summed E-state index contributed by atoms with van der Waals surface area (Å²) in [4.78, 5) is 18.2. The third-order valence-corrected chi connectivity index (χ3v) is 4.21. The summed E-state index contributed by atoms with van der Waals surface area (Å²) in [5.41, 5.74) is 0.912. The molecule has 2 aromatic rings. The maximum atomic E-state index is 12.1. The number of rotatable bonds is 4. The summed E-state index contributed by atoms with van der Waals surface area (Å²) in [5.74, 6) is 1.16. The van der Waals surface area contributed by atoms with E-state index in [4.69, 9.17) is 9.26 Å². The van der Waals surface area contributed by atoms with Crippen LogP contribution in [0.1, 0.15) is 12.3 Å². The molecule has 3 rings (SSSR count). The summed E-state index contributed by atoms with van der Waals surface area (Å²) >= 11 is 2.25. The number of halogens is 1. The zero-order valence-corrected chi connectivity index (χ0v) is 14.2. The number of amides is 1. The van der Waals surface area contributed by atoms with Gasteiger partial charge in [-0.3, -0.25) is 4.79 Å². The number of morpholine rings is 1. The van der Waals surface area contributed by atoms with E-state index in [0.29, 0.717) is 50.9 Å². The van der Waals surface area contributed by atoms with Crippen molar-refractivity contribution >= 4 is 28.5 Å². The summed E-state index contributed by atoms with van der Waals surface area (Å²) in [7, 11) is 0. The van der Waals surface area contributed by atoms with Crippen molar-refractivity contribution in [2.75, 3.05) is 26.3 Å². The second kappa shape index (κ2) is 7.19. The fraction of sp³-hybridized carbons (Fsp3) is 0.400. The molecule has 0 spiro atoms. The quantitative estimate of drug-likeness (QED) is 0.719. The first-order chi connectivity index (χ1) is 10.7. The highest BCUT2D eigenvalue weighted by Gasteiger charge is 2.18. The monoisotopic (exact) mass is 413 g/mol. The van der Waals surface area contributed by atoms with Crippen molar-refractivity contribution in [3.63, 3.8) is 0 Å². The van der Waals surface area contributed by atoms with Crippen molar-refractivity contribution in [1.29, 1.82) is 0 Å². The molecule has 1 amide bonds. The molecule has 0 bridgehead atoms. The lowest BCUT2D eigenvalue weighted by Crippen LogP contribution is -2.40. The van der Waals surface area contributed by atoms with E-state index >= 15 is 0 Å². The molecular weight excluding hydrogens is 397 g/mol. The normalized spacial score (nSPS) is 15.0. The molecule has 0 aliphatic carbocycles. The summed E-state index contributed by atoms with van der Waals surface area (Å²) in [6, 6.07) is 7.90. The molecule has 1 aliphatic rings. The average molecular weight is 413 g/mol. The van der Waals surface area contributed by atoms with Gasteiger partial charge < -0.3 is 14.2 Å². The van der Waals surface area contributed by atoms with Gasteiger partial charge in [0.25, 0.3) is 0 Å². The maximum Gasteiger partial charge on any atom is 0.227 e. The van der Waals surface area contributed by atoms with Crippen LogP contribution in [0, 0.1) is 3.57 Å². The van der Waals surface area contributed by atoms with Crippen molar-refractivity contribution < 1.29 is 14.1 Å². The van der Waals surface area contributed by atoms with Crippen molar-refractivity contribution in [1.82, 2.24) is 15.0 Å². The lowest BCUT2D eigenvalue weighted by molar-refractivity contribution is -0.135. The van der Waals surface area contributed by atoms with Gasteiger partial charge in [0.2, 0.25) is 17.6 Å². The predicted molar refractivity (Wildman–Crippen MR) is 88.2 cm³/mol.